The molecular weight excluding hydrogens is 398 g/mol. The van der Waals surface area contributed by atoms with Crippen molar-refractivity contribution < 1.29 is 4.79 Å². The minimum Gasteiger partial charge on any atom is -0.335 e. The summed E-state index contributed by atoms with van der Waals surface area (Å²) in [5.74, 6) is -0.124. The number of amides is 1. The van der Waals surface area contributed by atoms with Crippen LogP contribution in [0.4, 0.5) is 0 Å². The van der Waals surface area contributed by atoms with Gasteiger partial charge in [-0.15, -0.1) is 11.3 Å². The maximum Gasteiger partial charge on any atom is 0.275 e. The summed E-state index contributed by atoms with van der Waals surface area (Å²) in [7, 11) is 1.58. The molecule has 1 aliphatic rings. The summed E-state index contributed by atoms with van der Waals surface area (Å²) in [5.41, 5.74) is 1.19. The van der Waals surface area contributed by atoms with Gasteiger partial charge < -0.3 is 4.90 Å². The minimum absolute atomic E-state index is 0.124. The van der Waals surface area contributed by atoms with Crippen LogP contribution in [0.3, 0.4) is 0 Å². The molecule has 1 fully saturated rings. The number of carbonyl (C=O) groups excluding carboxylic acids is 1. The molecule has 0 unspecified atom stereocenters. The van der Waals surface area contributed by atoms with Crippen molar-refractivity contribution in [3.63, 3.8) is 0 Å². The van der Waals surface area contributed by atoms with Crippen LogP contribution in [0.5, 0.6) is 0 Å². The van der Waals surface area contributed by atoms with Crippen molar-refractivity contribution >= 4 is 38.2 Å². The first kappa shape index (κ1) is 18.9. The smallest absolute Gasteiger partial charge is 0.275 e. The maximum absolute atomic E-state index is 13.2. The standard InChI is InChI=1S/C22H21N5O2S/c1-25-21(28)16-7-3-2-6-15(16)20(24-25)22(29)27-12-10-26(11-13-27)14-19-23-17-8-4-5-9-18(17)30-19/h2-9H,10-14H2,1H3. The number of piperazine rings is 1. The highest BCUT2D eigenvalue weighted by Gasteiger charge is 2.26. The van der Waals surface area contributed by atoms with Crippen LogP contribution in [0.1, 0.15) is 15.5 Å². The molecule has 0 N–H and O–H groups in total. The Labute approximate surface area is 177 Å². The first-order chi connectivity index (χ1) is 14.6. The third-order valence-corrected chi connectivity index (χ3v) is 6.54. The summed E-state index contributed by atoms with van der Waals surface area (Å²) in [4.78, 5) is 34.4. The number of aryl methyl sites for hydroxylation is 1. The van der Waals surface area contributed by atoms with Crippen molar-refractivity contribution in [3.8, 4) is 0 Å². The Morgan fingerprint density at radius 3 is 2.47 bits per heavy atom. The van der Waals surface area contributed by atoms with E-state index >= 15 is 0 Å². The second-order valence-corrected chi connectivity index (χ2v) is 8.58. The molecule has 1 aliphatic heterocycles. The van der Waals surface area contributed by atoms with Crippen LogP contribution >= 0.6 is 11.3 Å². The van der Waals surface area contributed by atoms with E-state index in [0.717, 1.165) is 30.2 Å². The molecule has 30 heavy (non-hydrogen) atoms. The lowest BCUT2D eigenvalue weighted by Gasteiger charge is -2.34. The normalized spacial score (nSPS) is 15.2. The third-order valence-electron chi connectivity index (χ3n) is 5.52. The largest absolute Gasteiger partial charge is 0.335 e. The van der Waals surface area contributed by atoms with Crippen LogP contribution in [0, 0.1) is 0 Å². The Kier molecular flexibility index (Phi) is 4.80. The lowest BCUT2D eigenvalue weighted by Crippen LogP contribution is -2.48. The van der Waals surface area contributed by atoms with Crippen molar-refractivity contribution in [2.75, 3.05) is 26.2 Å². The minimum atomic E-state index is -0.192. The molecule has 2 aromatic heterocycles. The van der Waals surface area contributed by atoms with Gasteiger partial charge in [-0.05, 0) is 18.2 Å². The molecule has 3 heterocycles. The van der Waals surface area contributed by atoms with E-state index in [4.69, 9.17) is 4.98 Å². The second kappa shape index (κ2) is 7.62. The first-order valence-electron chi connectivity index (χ1n) is 9.92. The highest BCUT2D eigenvalue weighted by atomic mass is 32.1. The summed E-state index contributed by atoms with van der Waals surface area (Å²) in [6, 6.07) is 15.3. The van der Waals surface area contributed by atoms with Crippen molar-refractivity contribution in [2.45, 2.75) is 6.54 Å². The average molecular weight is 420 g/mol. The van der Waals surface area contributed by atoms with Crippen LogP contribution in [0.2, 0.25) is 0 Å². The number of rotatable bonds is 3. The van der Waals surface area contributed by atoms with E-state index in [-0.39, 0.29) is 11.5 Å². The average Bonchev–Trinajstić information content (AvgIpc) is 3.18. The van der Waals surface area contributed by atoms with Gasteiger partial charge in [0.15, 0.2) is 5.69 Å². The van der Waals surface area contributed by atoms with Gasteiger partial charge in [0.1, 0.15) is 5.01 Å². The van der Waals surface area contributed by atoms with Gasteiger partial charge in [-0.2, -0.15) is 5.10 Å². The Balaban J connectivity index is 1.31. The highest BCUT2D eigenvalue weighted by molar-refractivity contribution is 7.18. The van der Waals surface area contributed by atoms with Crippen LogP contribution in [0.15, 0.2) is 53.3 Å². The van der Waals surface area contributed by atoms with Crippen molar-refractivity contribution in [3.05, 3.63) is 69.6 Å². The highest BCUT2D eigenvalue weighted by Crippen LogP contribution is 2.23. The van der Waals surface area contributed by atoms with Crippen LogP contribution in [0.25, 0.3) is 21.0 Å². The van der Waals surface area contributed by atoms with Gasteiger partial charge in [-0.25, -0.2) is 9.67 Å². The summed E-state index contributed by atoms with van der Waals surface area (Å²) >= 11 is 1.72. The molecule has 1 amide bonds. The third kappa shape index (κ3) is 3.38. The van der Waals surface area contributed by atoms with Gasteiger partial charge in [0.2, 0.25) is 0 Å². The van der Waals surface area contributed by atoms with E-state index in [1.54, 1.807) is 36.6 Å². The zero-order valence-electron chi connectivity index (χ0n) is 16.6. The SMILES string of the molecule is Cn1nc(C(=O)N2CCN(Cc3nc4ccccc4s3)CC2)c2ccccc2c1=O. The molecule has 7 nitrogen and oxygen atoms in total. The van der Waals surface area contributed by atoms with Crippen molar-refractivity contribution in [1.29, 1.82) is 0 Å². The van der Waals surface area contributed by atoms with Gasteiger partial charge >= 0.3 is 0 Å². The molecule has 152 valence electrons. The lowest BCUT2D eigenvalue weighted by molar-refractivity contribution is 0.0622. The van der Waals surface area contributed by atoms with Crippen molar-refractivity contribution in [2.24, 2.45) is 7.05 Å². The molecule has 8 heteroatoms. The number of fused-ring (bicyclic) bond motifs is 2. The number of hydrogen-bond donors (Lipinski definition) is 0. The topological polar surface area (TPSA) is 71.3 Å². The monoisotopic (exact) mass is 419 g/mol. The van der Waals surface area contributed by atoms with E-state index in [1.165, 1.54) is 9.38 Å². The molecular formula is C22H21N5O2S. The molecule has 0 atom stereocenters. The first-order valence-corrected chi connectivity index (χ1v) is 10.7. The Morgan fingerprint density at radius 2 is 1.70 bits per heavy atom. The number of nitrogens with zero attached hydrogens (tertiary/aromatic N) is 5. The van der Waals surface area contributed by atoms with Crippen LogP contribution in [-0.4, -0.2) is 56.7 Å². The molecule has 0 spiro atoms. The Hall–Kier alpha value is -3.10. The zero-order valence-corrected chi connectivity index (χ0v) is 17.4. The number of thiazole rings is 1. The fourth-order valence-corrected chi connectivity index (χ4v) is 4.91. The fraction of sp³-hybridized carbons (Fsp3) is 0.273. The molecule has 4 aromatic rings. The Bertz CT molecular complexity index is 1270. The number of para-hydroxylation sites is 1. The van der Waals surface area contributed by atoms with Crippen LogP contribution in [-0.2, 0) is 13.6 Å². The summed E-state index contributed by atoms with van der Waals surface area (Å²) in [5, 5.41) is 6.51. The Morgan fingerprint density at radius 1 is 1.00 bits per heavy atom. The molecule has 2 aromatic carbocycles. The summed E-state index contributed by atoms with van der Waals surface area (Å²) in [6.45, 7) is 3.62. The van der Waals surface area contributed by atoms with E-state index in [9.17, 15) is 9.59 Å². The van der Waals surface area contributed by atoms with Gasteiger partial charge in [0, 0.05) is 38.6 Å². The van der Waals surface area contributed by atoms with Gasteiger partial charge in [-0.3, -0.25) is 14.5 Å². The molecule has 0 aliphatic carbocycles. The zero-order chi connectivity index (χ0) is 20.7. The van der Waals surface area contributed by atoms with E-state index in [1.807, 2.05) is 29.2 Å². The van der Waals surface area contributed by atoms with E-state index in [2.05, 4.69) is 16.1 Å². The maximum atomic E-state index is 13.2. The summed E-state index contributed by atoms with van der Waals surface area (Å²) in [6.07, 6.45) is 0. The number of hydrogen-bond acceptors (Lipinski definition) is 6. The van der Waals surface area contributed by atoms with Gasteiger partial charge in [0.25, 0.3) is 11.5 Å². The van der Waals surface area contributed by atoms with Crippen LogP contribution < -0.4 is 5.56 Å². The molecule has 0 bridgehead atoms. The number of benzene rings is 2. The molecule has 5 rings (SSSR count). The predicted octanol–water partition coefficient (Wildman–Crippen LogP) is 2.50. The van der Waals surface area contributed by atoms with Gasteiger partial charge in [0.05, 0.1) is 22.1 Å². The van der Waals surface area contributed by atoms with E-state index < -0.39 is 0 Å². The molecule has 0 saturated carbocycles. The summed E-state index contributed by atoms with van der Waals surface area (Å²) < 4.78 is 2.45. The quantitative estimate of drug-likeness (QED) is 0.510. The molecule has 0 radical (unpaired) electrons. The second-order valence-electron chi connectivity index (χ2n) is 7.47. The van der Waals surface area contributed by atoms with Crippen molar-refractivity contribution in [1.82, 2.24) is 24.6 Å². The fourth-order valence-electron chi connectivity index (χ4n) is 3.90. The van der Waals surface area contributed by atoms with E-state index in [0.29, 0.717) is 29.6 Å². The number of aromatic nitrogens is 3. The van der Waals surface area contributed by atoms with Gasteiger partial charge in [-0.1, -0.05) is 30.3 Å². The predicted molar refractivity (Wildman–Crippen MR) is 118 cm³/mol. The molecule has 1 saturated heterocycles. The number of carbonyl (C=O) groups is 1. The lowest BCUT2D eigenvalue weighted by atomic mass is 10.1.